The Labute approximate surface area is 188 Å². The summed E-state index contributed by atoms with van der Waals surface area (Å²) >= 11 is 0. The number of aryl methyl sites for hydroxylation is 1. The summed E-state index contributed by atoms with van der Waals surface area (Å²) < 4.78 is 0. The highest BCUT2D eigenvalue weighted by atomic mass is 16.2. The molecule has 1 heterocycles. The molecule has 2 aliphatic rings. The van der Waals surface area contributed by atoms with E-state index in [0.717, 1.165) is 70.7 Å². The lowest BCUT2D eigenvalue weighted by molar-refractivity contribution is -0.138. The molecule has 3 rings (SSSR count). The van der Waals surface area contributed by atoms with Crippen LogP contribution in [0, 0.1) is 12.3 Å². The van der Waals surface area contributed by atoms with Crippen molar-refractivity contribution < 1.29 is 4.79 Å². The van der Waals surface area contributed by atoms with Crippen molar-refractivity contribution in [3.63, 3.8) is 0 Å². The summed E-state index contributed by atoms with van der Waals surface area (Å²) in [5, 5.41) is 7.04. The molecule has 1 aliphatic heterocycles. The quantitative estimate of drug-likeness (QED) is 0.518. The van der Waals surface area contributed by atoms with Crippen LogP contribution in [-0.2, 0) is 11.3 Å². The van der Waals surface area contributed by atoms with Gasteiger partial charge in [0.25, 0.3) is 0 Å². The summed E-state index contributed by atoms with van der Waals surface area (Å²) in [6.45, 7) is 8.86. The van der Waals surface area contributed by atoms with Crippen molar-refractivity contribution in [1.82, 2.24) is 20.4 Å². The third-order valence-electron chi connectivity index (χ3n) is 6.72. The van der Waals surface area contributed by atoms with Gasteiger partial charge >= 0.3 is 0 Å². The lowest BCUT2D eigenvalue weighted by Gasteiger charge is -2.33. The van der Waals surface area contributed by atoms with Crippen LogP contribution in [0.15, 0.2) is 29.3 Å². The second-order valence-electron chi connectivity index (χ2n) is 9.57. The van der Waals surface area contributed by atoms with Gasteiger partial charge in [0.1, 0.15) is 0 Å². The molecule has 1 saturated carbocycles. The zero-order chi connectivity index (χ0) is 22.3. The second kappa shape index (κ2) is 11.0. The number of carbonyl (C=O) groups is 1. The third kappa shape index (κ3) is 6.45. The Balaban J connectivity index is 1.55. The summed E-state index contributed by atoms with van der Waals surface area (Å²) in [6.07, 6.45) is 6.36. The Bertz CT molecular complexity index is 746. The van der Waals surface area contributed by atoms with E-state index < -0.39 is 0 Å². The number of piperidine rings is 1. The second-order valence-corrected chi connectivity index (χ2v) is 9.57. The number of amides is 1. The zero-order valence-corrected chi connectivity index (χ0v) is 19.9. The molecule has 6 heteroatoms. The van der Waals surface area contributed by atoms with Crippen molar-refractivity contribution in [3.8, 4) is 0 Å². The van der Waals surface area contributed by atoms with Crippen molar-refractivity contribution >= 4 is 11.9 Å². The maximum Gasteiger partial charge on any atom is 0.230 e. The van der Waals surface area contributed by atoms with Crippen molar-refractivity contribution in [2.24, 2.45) is 10.4 Å². The van der Waals surface area contributed by atoms with E-state index in [0.29, 0.717) is 12.6 Å². The average molecular weight is 428 g/mol. The number of guanidine groups is 1. The van der Waals surface area contributed by atoms with E-state index in [4.69, 9.17) is 4.99 Å². The summed E-state index contributed by atoms with van der Waals surface area (Å²) in [6, 6.07) is 9.24. The zero-order valence-electron chi connectivity index (χ0n) is 19.9. The molecular formula is C25H41N5O. The minimum absolute atomic E-state index is 0.231. The van der Waals surface area contributed by atoms with Gasteiger partial charge < -0.3 is 15.5 Å². The standard InChI is InChI=1S/C25H41N5O/c1-5-26-24(27-19-25(13-6-7-14-25)23(31)29(3)4)28-22-11-15-30(16-12-22)18-21-10-8-9-20(2)17-21/h8-10,17,22H,5-7,11-16,18-19H2,1-4H3,(H2,26,27,28). The minimum Gasteiger partial charge on any atom is -0.357 e. The average Bonchev–Trinajstić information content (AvgIpc) is 3.23. The van der Waals surface area contributed by atoms with Crippen LogP contribution in [0.25, 0.3) is 0 Å². The number of hydrogen-bond donors (Lipinski definition) is 2. The van der Waals surface area contributed by atoms with Gasteiger partial charge in [-0.1, -0.05) is 42.7 Å². The van der Waals surface area contributed by atoms with E-state index in [1.54, 1.807) is 4.90 Å². The molecule has 2 N–H and O–H groups in total. The number of hydrogen-bond acceptors (Lipinski definition) is 3. The van der Waals surface area contributed by atoms with E-state index in [-0.39, 0.29) is 11.3 Å². The summed E-state index contributed by atoms with van der Waals surface area (Å²) in [7, 11) is 3.72. The molecule has 1 aliphatic carbocycles. The molecule has 172 valence electrons. The number of likely N-dealkylation sites (tertiary alicyclic amines) is 1. The first-order chi connectivity index (χ1) is 14.9. The molecule has 0 atom stereocenters. The van der Waals surface area contributed by atoms with Gasteiger partial charge in [-0.25, -0.2) is 0 Å². The highest BCUT2D eigenvalue weighted by Gasteiger charge is 2.42. The molecule has 6 nitrogen and oxygen atoms in total. The number of aliphatic imine (C=N–C) groups is 1. The fourth-order valence-electron chi connectivity index (χ4n) is 5.01. The van der Waals surface area contributed by atoms with Gasteiger partial charge in [-0.05, 0) is 45.1 Å². The first-order valence-electron chi connectivity index (χ1n) is 12.0. The first kappa shape index (κ1) is 23.6. The van der Waals surface area contributed by atoms with Gasteiger partial charge in [0.15, 0.2) is 5.96 Å². The van der Waals surface area contributed by atoms with Crippen LogP contribution in [0.5, 0.6) is 0 Å². The molecule has 2 fully saturated rings. The molecule has 0 aromatic heterocycles. The lowest BCUT2D eigenvalue weighted by atomic mass is 9.85. The molecule has 1 aromatic carbocycles. The number of rotatable bonds is 7. The van der Waals surface area contributed by atoms with Crippen LogP contribution in [0.2, 0.25) is 0 Å². The van der Waals surface area contributed by atoms with Crippen LogP contribution in [0.4, 0.5) is 0 Å². The van der Waals surface area contributed by atoms with Gasteiger partial charge in [0.05, 0.1) is 12.0 Å². The SMILES string of the molecule is CCNC(=NCC1(C(=O)N(C)C)CCCC1)NC1CCN(Cc2cccc(C)c2)CC1. The molecule has 0 radical (unpaired) electrons. The van der Waals surface area contributed by atoms with Crippen molar-refractivity contribution in [1.29, 1.82) is 0 Å². The molecule has 1 aromatic rings. The van der Waals surface area contributed by atoms with Crippen LogP contribution in [0.1, 0.15) is 56.6 Å². The van der Waals surface area contributed by atoms with Gasteiger partial charge in [-0.3, -0.25) is 14.7 Å². The fraction of sp³-hybridized carbons (Fsp3) is 0.680. The molecule has 0 unspecified atom stereocenters. The lowest BCUT2D eigenvalue weighted by Crippen LogP contribution is -2.49. The largest absolute Gasteiger partial charge is 0.357 e. The van der Waals surface area contributed by atoms with Crippen LogP contribution in [-0.4, -0.2) is 68.0 Å². The number of nitrogens with one attached hydrogen (secondary N) is 2. The van der Waals surface area contributed by atoms with Gasteiger partial charge in [0.2, 0.25) is 5.91 Å². The van der Waals surface area contributed by atoms with Crippen LogP contribution in [0.3, 0.4) is 0 Å². The number of carbonyl (C=O) groups excluding carboxylic acids is 1. The molecule has 1 saturated heterocycles. The van der Waals surface area contributed by atoms with Gasteiger partial charge in [-0.2, -0.15) is 0 Å². The van der Waals surface area contributed by atoms with Crippen molar-refractivity contribution in [3.05, 3.63) is 35.4 Å². The monoisotopic (exact) mass is 427 g/mol. The van der Waals surface area contributed by atoms with Crippen LogP contribution < -0.4 is 10.6 Å². The maximum absolute atomic E-state index is 12.8. The Morgan fingerprint density at radius 1 is 1.23 bits per heavy atom. The van der Waals surface area contributed by atoms with E-state index >= 15 is 0 Å². The van der Waals surface area contributed by atoms with Gasteiger partial charge in [-0.15, -0.1) is 0 Å². The summed E-state index contributed by atoms with van der Waals surface area (Å²) in [5.41, 5.74) is 2.41. The van der Waals surface area contributed by atoms with Crippen molar-refractivity contribution in [2.75, 3.05) is 40.3 Å². The Kier molecular flexibility index (Phi) is 8.35. The molecular weight excluding hydrogens is 386 g/mol. The van der Waals surface area contributed by atoms with E-state index in [1.807, 2.05) is 14.1 Å². The Hall–Kier alpha value is -2.08. The smallest absolute Gasteiger partial charge is 0.230 e. The maximum atomic E-state index is 12.8. The predicted molar refractivity (Wildman–Crippen MR) is 128 cm³/mol. The fourth-order valence-corrected chi connectivity index (χ4v) is 5.01. The topological polar surface area (TPSA) is 60.0 Å². The highest BCUT2D eigenvalue weighted by molar-refractivity contribution is 5.84. The Morgan fingerprint density at radius 2 is 1.94 bits per heavy atom. The molecule has 31 heavy (non-hydrogen) atoms. The first-order valence-corrected chi connectivity index (χ1v) is 12.0. The highest BCUT2D eigenvalue weighted by Crippen LogP contribution is 2.39. The van der Waals surface area contributed by atoms with E-state index in [1.165, 1.54) is 11.1 Å². The summed E-state index contributed by atoms with van der Waals surface area (Å²) in [4.78, 5) is 22.0. The molecule has 1 amide bonds. The predicted octanol–water partition coefficient (Wildman–Crippen LogP) is 3.16. The minimum atomic E-state index is -0.316. The number of nitrogens with zero attached hydrogens (tertiary/aromatic N) is 3. The molecule has 0 bridgehead atoms. The molecule has 0 spiro atoms. The Morgan fingerprint density at radius 3 is 2.55 bits per heavy atom. The summed E-state index contributed by atoms with van der Waals surface area (Å²) in [5.74, 6) is 1.09. The van der Waals surface area contributed by atoms with Crippen molar-refractivity contribution in [2.45, 2.75) is 65.0 Å². The van der Waals surface area contributed by atoms with E-state index in [9.17, 15) is 4.79 Å². The van der Waals surface area contributed by atoms with E-state index in [2.05, 4.69) is 53.6 Å². The van der Waals surface area contributed by atoms with Gasteiger partial charge in [0, 0.05) is 46.3 Å². The van der Waals surface area contributed by atoms with Crippen LogP contribution >= 0.6 is 0 Å². The number of benzene rings is 1. The third-order valence-corrected chi connectivity index (χ3v) is 6.72. The normalized spacial score (nSPS) is 19.9.